The average Bonchev–Trinajstić information content (AvgIpc) is 2.55. The summed E-state index contributed by atoms with van der Waals surface area (Å²) in [5.74, 6) is 0.541. The molecule has 3 rings (SSSR count). The highest BCUT2D eigenvalue weighted by molar-refractivity contribution is 6.04. The van der Waals surface area contributed by atoms with Gasteiger partial charge in [-0.15, -0.1) is 0 Å². The summed E-state index contributed by atoms with van der Waals surface area (Å²) < 4.78 is 5.57. The first kappa shape index (κ1) is 14.0. The molecule has 0 atom stereocenters. The molecule has 0 fully saturated rings. The number of carbonyl (C=O) groups excluding carboxylic acids is 1. The third-order valence-electron chi connectivity index (χ3n) is 3.35. The molecule has 0 saturated carbocycles. The molecular weight excluding hydrogens is 274 g/mol. The first-order chi connectivity index (χ1) is 10.7. The largest absolute Gasteiger partial charge is 0.463 e. The molecule has 0 amide bonds. The summed E-state index contributed by atoms with van der Waals surface area (Å²) in [5.41, 5.74) is 2.54. The number of fused-ring (bicyclic) bond motifs is 1. The molecule has 108 valence electrons. The molecule has 1 heterocycles. The highest BCUT2D eigenvalue weighted by Crippen LogP contribution is 2.23. The minimum atomic E-state index is -0.0896. The van der Waals surface area contributed by atoms with Crippen molar-refractivity contribution in [3.63, 3.8) is 0 Å². The van der Waals surface area contributed by atoms with Crippen LogP contribution in [0.5, 0.6) is 5.75 Å². The molecule has 0 bridgehead atoms. The fraction of sp³-hybridized carbons (Fsp3) is 0.0526. The lowest BCUT2D eigenvalue weighted by Crippen LogP contribution is -1.95. The Bertz CT molecular complexity index is 830. The van der Waals surface area contributed by atoms with E-state index in [4.69, 9.17) is 4.74 Å². The Morgan fingerprint density at radius 1 is 1.05 bits per heavy atom. The molecule has 22 heavy (non-hydrogen) atoms. The molecule has 3 nitrogen and oxygen atoms in total. The van der Waals surface area contributed by atoms with Crippen molar-refractivity contribution in [3.05, 3.63) is 84.3 Å². The number of ether oxygens (including phenoxy) is 1. The van der Waals surface area contributed by atoms with Crippen molar-refractivity contribution in [2.24, 2.45) is 0 Å². The van der Waals surface area contributed by atoms with Crippen molar-refractivity contribution >= 4 is 16.7 Å². The number of hydrogen-bond acceptors (Lipinski definition) is 3. The number of ketones is 1. The van der Waals surface area contributed by atoms with Gasteiger partial charge in [0, 0.05) is 23.2 Å². The van der Waals surface area contributed by atoms with E-state index in [1.807, 2.05) is 61.5 Å². The number of aryl methyl sites for hydroxylation is 1. The van der Waals surface area contributed by atoms with Crippen molar-refractivity contribution < 1.29 is 9.53 Å². The summed E-state index contributed by atoms with van der Waals surface area (Å²) in [4.78, 5) is 16.3. The Labute approximate surface area is 128 Å². The van der Waals surface area contributed by atoms with Crippen LogP contribution in [0.4, 0.5) is 0 Å². The van der Waals surface area contributed by atoms with Gasteiger partial charge in [0.15, 0.2) is 11.5 Å². The number of allylic oxidation sites excluding steroid dienone is 1. The van der Waals surface area contributed by atoms with Crippen molar-refractivity contribution in [2.75, 3.05) is 0 Å². The highest BCUT2D eigenvalue weighted by Gasteiger charge is 2.03. The van der Waals surface area contributed by atoms with Crippen LogP contribution in [0.1, 0.15) is 15.9 Å². The van der Waals surface area contributed by atoms with Gasteiger partial charge in [0.25, 0.3) is 0 Å². The molecule has 2 aromatic carbocycles. The number of nitrogens with zero attached hydrogens (tertiary/aromatic N) is 1. The van der Waals surface area contributed by atoms with Gasteiger partial charge in [-0.25, -0.2) is 0 Å². The second kappa shape index (κ2) is 6.22. The number of aromatic nitrogens is 1. The quantitative estimate of drug-likeness (QED) is 0.408. The van der Waals surface area contributed by atoms with E-state index in [-0.39, 0.29) is 5.78 Å². The lowest BCUT2D eigenvalue weighted by atomic mass is 10.1. The maximum Gasteiger partial charge on any atom is 0.188 e. The molecular formula is C19H15NO2. The van der Waals surface area contributed by atoms with Gasteiger partial charge < -0.3 is 4.74 Å². The van der Waals surface area contributed by atoms with Crippen LogP contribution < -0.4 is 4.74 Å². The van der Waals surface area contributed by atoms with E-state index in [0.717, 1.165) is 16.5 Å². The fourth-order valence-electron chi connectivity index (χ4n) is 2.15. The third-order valence-corrected chi connectivity index (χ3v) is 3.35. The van der Waals surface area contributed by atoms with E-state index < -0.39 is 0 Å². The van der Waals surface area contributed by atoms with Gasteiger partial charge in [0.05, 0.1) is 6.26 Å². The molecule has 3 aromatic rings. The summed E-state index contributed by atoms with van der Waals surface area (Å²) >= 11 is 0. The summed E-state index contributed by atoms with van der Waals surface area (Å²) in [6.07, 6.45) is 4.55. The average molecular weight is 289 g/mol. The maximum absolute atomic E-state index is 12.0. The van der Waals surface area contributed by atoms with Crippen molar-refractivity contribution in [3.8, 4) is 5.75 Å². The van der Waals surface area contributed by atoms with E-state index in [1.165, 1.54) is 12.3 Å². The van der Waals surface area contributed by atoms with Gasteiger partial charge in [-0.2, -0.15) is 0 Å². The molecule has 0 aliphatic carbocycles. The molecule has 0 spiro atoms. The highest BCUT2D eigenvalue weighted by atomic mass is 16.5. The van der Waals surface area contributed by atoms with Crippen LogP contribution >= 0.6 is 0 Å². The standard InChI is InChI=1S/C19H15NO2/c1-14-7-9-15(10-8-14)17(21)11-13-22-18-6-2-4-16-5-3-12-20-19(16)18/h2-13H,1H3/b13-11+. The third kappa shape index (κ3) is 3.04. The molecule has 3 heteroatoms. The molecule has 0 radical (unpaired) electrons. The van der Waals surface area contributed by atoms with Gasteiger partial charge in [0.1, 0.15) is 5.52 Å². The van der Waals surface area contributed by atoms with Crippen LogP contribution in [0.3, 0.4) is 0 Å². The second-order valence-electron chi connectivity index (χ2n) is 4.98. The molecule has 0 aliphatic heterocycles. The predicted molar refractivity (Wildman–Crippen MR) is 87.0 cm³/mol. The van der Waals surface area contributed by atoms with E-state index in [0.29, 0.717) is 11.3 Å². The van der Waals surface area contributed by atoms with Crippen molar-refractivity contribution in [1.29, 1.82) is 0 Å². The van der Waals surface area contributed by atoms with Crippen LogP contribution in [0.15, 0.2) is 73.1 Å². The molecule has 1 aromatic heterocycles. The summed E-state index contributed by atoms with van der Waals surface area (Å²) in [6.45, 7) is 1.99. The topological polar surface area (TPSA) is 39.2 Å². The SMILES string of the molecule is Cc1ccc(C(=O)/C=C/Oc2cccc3cccnc23)cc1. The van der Waals surface area contributed by atoms with Gasteiger partial charge in [-0.3, -0.25) is 9.78 Å². The Morgan fingerprint density at radius 3 is 2.64 bits per heavy atom. The fourth-order valence-corrected chi connectivity index (χ4v) is 2.15. The van der Waals surface area contributed by atoms with Gasteiger partial charge in [-0.1, -0.05) is 48.0 Å². The van der Waals surface area contributed by atoms with Crippen molar-refractivity contribution in [1.82, 2.24) is 4.98 Å². The Morgan fingerprint density at radius 2 is 1.82 bits per heavy atom. The molecule has 0 N–H and O–H groups in total. The van der Waals surface area contributed by atoms with Gasteiger partial charge >= 0.3 is 0 Å². The van der Waals surface area contributed by atoms with Gasteiger partial charge in [0.2, 0.25) is 0 Å². The lowest BCUT2D eigenvalue weighted by molar-refractivity contribution is 0.104. The molecule has 0 aliphatic rings. The zero-order chi connectivity index (χ0) is 15.4. The first-order valence-corrected chi connectivity index (χ1v) is 7.02. The van der Waals surface area contributed by atoms with Crippen LogP contribution in [0, 0.1) is 6.92 Å². The number of para-hydroxylation sites is 1. The van der Waals surface area contributed by atoms with E-state index in [1.54, 1.807) is 6.20 Å². The minimum absolute atomic E-state index is 0.0896. The van der Waals surface area contributed by atoms with Crippen LogP contribution in [0.2, 0.25) is 0 Å². The summed E-state index contributed by atoms with van der Waals surface area (Å²) in [7, 11) is 0. The van der Waals surface area contributed by atoms with Crippen LogP contribution in [0.25, 0.3) is 10.9 Å². The first-order valence-electron chi connectivity index (χ1n) is 7.02. The number of pyridine rings is 1. The summed E-state index contributed by atoms with van der Waals surface area (Å²) in [6, 6.07) is 17.0. The minimum Gasteiger partial charge on any atom is -0.463 e. The van der Waals surface area contributed by atoms with Gasteiger partial charge in [-0.05, 0) is 19.1 Å². The normalized spacial score (nSPS) is 11.0. The predicted octanol–water partition coefficient (Wildman–Crippen LogP) is 4.32. The Kier molecular flexibility index (Phi) is 3.97. The monoisotopic (exact) mass is 289 g/mol. The smallest absolute Gasteiger partial charge is 0.188 e. The Balaban J connectivity index is 1.76. The maximum atomic E-state index is 12.0. The van der Waals surface area contributed by atoms with E-state index >= 15 is 0 Å². The number of rotatable bonds is 4. The Hall–Kier alpha value is -2.94. The van der Waals surface area contributed by atoms with Crippen molar-refractivity contribution in [2.45, 2.75) is 6.92 Å². The van der Waals surface area contributed by atoms with Crippen LogP contribution in [-0.2, 0) is 0 Å². The molecule has 0 saturated heterocycles. The van der Waals surface area contributed by atoms with E-state index in [2.05, 4.69) is 4.98 Å². The second-order valence-corrected chi connectivity index (χ2v) is 4.98. The number of carbonyl (C=O) groups is 1. The summed E-state index contributed by atoms with van der Waals surface area (Å²) in [5, 5.41) is 0.998. The number of benzene rings is 2. The van der Waals surface area contributed by atoms with Crippen LogP contribution in [-0.4, -0.2) is 10.8 Å². The van der Waals surface area contributed by atoms with E-state index in [9.17, 15) is 4.79 Å². The molecule has 0 unspecified atom stereocenters. The zero-order valence-electron chi connectivity index (χ0n) is 12.2. The number of hydrogen-bond donors (Lipinski definition) is 0. The lowest BCUT2D eigenvalue weighted by Gasteiger charge is -2.03. The zero-order valence-corrected chi connectivity index (χ0v) is 12.2.